The van der Waals surface area contributed by atoms with Crippen molar-refractivity contribution in [3.05, 3.63) is 57.3 Å². The van der Waals surface area contributed by atoms with Gasteiger partial charge in [0.1, 0.15) is 11.4 Å². The molecule has 0 fully saturated rings. The lowest BCUT2D eigenvalue weighted by Crippen LogP contribution is -2.40. The van der Waals surface area contributed by atoms with Gasteiger partial charge in [0.15, 0.2) is 0 Å². The molecule has 1 aliphatic heterocycles. The number of amides is 1. The van der Waals surface area contributed by atoms with Gasteiger partial charge < -0.3 is 9.64 Å². The first-order chi connectivity index (χ1) is 12.2. The van der Waals surface area contributed by atoms with Crippen LogP contribution in [0.3, 0.4) is 0 Å². The number of fused-ring (bicyclic) bond motifs is 1. The van der Waals surface area contributed by atoms with Gasteiger partial charge in [-0.3, -0.25) is 0 Å². The lowest BCUT2D eigenvalue weighted by molar-refractivity contribution is 0.0224. The lowest BCUT2D eigenvalue weighted by Gasteiger charge is -2.32. The summed E-state index contributed by atoms with van der Waals surface area (Å²) in [6, 6.07) is 8.09. The Kier molecular flexibility index (Phi) is 5.18. The van der Waals surface area contributed by atoms with Crippen molar-refractivity contribution in [3.63, 3.8) is 0 Å². The molecule has 0 saturated carbocycles. The number of nitrogens with zero attached hydrogens (tertiary/aromatic N) is 1. The number of ether oxygens (including phenoxy) is 1. The van der Waals surface area contributed by atoms with Crippen LogP contribution < -0.4 is 0 Å². The van der Waals surface area contributed by atoms with Crippen LogP contribution in [0.25, 0.3) is 11.1 Å². The van der Waals surface area contributed by atoms with E-state index in [4.69, 9.17) is 27.9 Å². The Balaban J connectivity index is 2.04. The molecule has 1 amide bonds. The van der Waals surface area contributed by atoms with Crippen molar-refractivity contribution in [3.8, 4) is 11.1 Å². The molecule has 26 heavy (non-hydrogen) atoms. The largest absolute Gasteiger partial charge is 0.444 e. The average molecular weight is 396 g/mol. The highest BCUT2D eigenvalue weighted by Crippen LogP contribution is 2.39. The minimum Gasteiger partial charge on any atom is -0.444 e. The van der Waals surface area contributed by atoms with Crippen LogP contribution in [0.4, 0.5) is 9.18 Å². The van der Waals surface area contributed by atoms with Gasteiger partial charge in [-0.25, -0.2) is 9.18 Å². The number of hydrogen-bond acceptors (Lipinski definition) is 2. The zero-order chi connectivity index (χ0) is 19.1. The average Bonchev–Trinajstić information content (AvgIpc) is 2.55. The SMILES string of the molecule is CC(C)(C)OC(=O)N1CCc2c(Cl)ccc(-c3c(F)cccc3Cl)c2C1. The Bertz CT molecular complexity index is 841. The second kappa shape index (κ2) is 7.09. The van der Waals surface area contributed by atoms with Crippen LogP contribution in [-0.2, 0) is 17.7 Å². The quantitative estimate of drug-likeness (QED) is 0.584. The highest BCUT2D eigenvalue weighted by molar-refractivity contribution is 6.33. The summed E-state index contributed by atoms with van der Waals surface area (Å²) in [7, 11) is 0. The van der Waals surface area contributed by atoms with Crippen LogP contribution in [-0.4, -0.2) is 23.1 Å². The van der Waals surface area contributed by atoms with Crippen molar-refractivity contribution in [2.75, 3.05) is 6.54 Å². The van der Waals surface area contributed by atoms with Crippen molar-refractivity contribution >= 4 is 29.3 Å². The van der Waals surface area contributed by atoms with Crippen molar-refractivity contribution in [1.82, 2.24) is 4.90 Å². The van der Waals surface area contributed by atoms with Crippen LogP contribution >= 0.6 is 23.2 Å². The summed E-state index contributed by atoms with van der Waals surface area (Å²) in [5, 5.41) is 0.934. The number of rotatable bonds is 1. The van der Waals surface area contributed by atoms with Gasteiger partial charge in [0, 0.05) is 23.7 Å². The Morgan fingerprint density at radius 3 is 2.50 bits per heavy atom. The number of carbonyl (C=O) groups is 1. The zero-order valence-corrected chi connectivity index (χ0v) is 16.4. The molecule has 0 saturated heterocycles. The minimum atomic E-state index is -0.580. The van der Waals surface area contributed by atoms with E-state index in [1.54, 1.807) is 29.2 Å². The van der Waals surface area contributed by atoms with E-state index in [1.807, 2.05) is 20.8 Å². The summed E-state index contributed by atoms with van der Waals surface area (Å²) in [6.07, 6.45) is 0.182. The van der Waals surface area contributed by atoms with Crippen molar-refractivity contribution in [2.24, 2.45) is 0 Å². The molecule has 6 heteroatoms. The fraction of sp³-hybridized carbons (Fsp3) is 0.350. The summed E-state index contributed by atoms with van der Waals surface area (Å²) < 4.78 is 19.9. The monoisotopic (exact) mass is 395 g/mol. The van der Waals surface area contributed by atoms with Gasteiger partial charge >= 0.3 is 6.09 Å². The van der Waals surface area contributed by atoms with Crippen molar-refractivity contribution in [2.45, 2.75) is 39.3 Å². The summed E-state index contributed by atoms with van der Waals surface area (Å²) >= 11 is 12.6. The number of hydrogen-bond donors (Lipinski definition) is 0. The summed E-state index contributed by atoms with van der Waals surface area (Å²) in [5.41, 5.74) is 2.13. The summed E-state index contributed by atoms with van der Waals surface area (Å²) in [4.78, 5) is 14.1. The minimum absolute atomic E-state index is 0.296. The normalized spacial score (nSPS) is 14.2. The molecule has 0 atom stereocenters. The van der Waals surface area contributed by atoms with Crippen LogP contribution in [0.5, 0.6) is 0 Å². The summed E-state index contributed by atoms with van der Waals surface area (Å²) in [6.45, 7) is 6.26. The second-order valence-corrected chi connectivity index (χ2v) is 8.12. The molecule has 0 spiro atoms. The molecule has 0 aromatic heterocycles. The highest BCUT2D eigenvalue weighted by atomic mass is 35.5. The van der Waals surface area contributed by atoms with Crippen LogP contribution in [0.1, 0.15) is 31.9 Å². The molecule has 2 aromatic rings. The molecular formula is C20H20Cl2FNO2. The van der Waals surface area contributed by atoms with E-state index < -0.39 is 17.5 Å². The van der Waals surface area contributed by atoms with Gasteiger partial charge in [-0.1, -0.05) is 35.3 Å². The van der Waals surface area contributed by atoms with E-state index in [2.05, 4.69) is 0 Å². The maximum absolute atomic E-state index is 14.5. The van der Waals surface area contributed by atoms with E-state index >= 15 is 0 Å². The van der Waals surface area contributed by atoms with E-state index in [0.717, 1.165) is 11.1 Å². The molecule has 1 aliphatic rings. The van der Waals surface area contributed by atoms with Crippen molar-refractivity contribution < 1.29 is 13.9 Å². The Morgan fingerprint density at radius 2 is 1.85 bits per heavy atom. The third-order valence-electron chi connectivity index (χ3n) is 4.24. The topological polar surface area (TPSA) is 29.5 Å². The van der Waals surface area contributed by atoms with Gasteiger partial charge in [0.25, 0.3) is 0 Å². The summed E-state index contributed by atoms with van der Waals surface area (Å²) in [5.74, 6) is -0.406. The molecule has 0 aliphatic carbocycles. The molecule has 3 rings (SSSR count). The molecule has 0 N–H and O–H groups in total. The van der Waals surface area contributed by atoms with E-state index in [1.165, 1.54) is 6.07 Å². The third-order valence-corrected chi connectivity index (χ3v) is 4.91. The van der Waals surface area contributed by atoms with Crippen molar-refractivity contribution in [1.29, 1.82) is 0 Å². The fourth-order valence-electron chi connectivity index (χ4n) is 3.10. The van der Waals surface area contributed by atoms with E-state index in [-0.39, 0.29) is 0 Å². The second-order valence-electron chi connectivity index (χ2n) is 7.30. The molecule has 1 heterocycles. The van der Waals surface area contributed by atoms with Crippen LogP contribution in [0, 0.1) is 5.82 Å². The van der Waals surface area contributed by atoms with Gasteiger partial charge in [-0.05, 0) is 62.1 Å². The first-order valence-electron chi connectivity index (χ1n) is 8.40. The fourth-order valence-corrected chi connectivity index (χ4v) is 3.64. The van der Waals surface area contributed by atoms with E-state index in [9.17, 15) is 9.18 Å². The molecule has 3 nitrogen and oxygen atoms in total. The zero-order valence-electron chi connectivity index (χ0n) is 14.9. The predicted octanol–water partition coefficient (Wildman–Crippen LogP) is 6.09. The van der Waals surface area contributed by atoms with Gasteiger partial charge in [0.05, 0.1) is 5.02 Å². The lowest BCUT2D eigenvalue weighted by atomic mass is 9.91. The third kappa shape index (κ3) is 3.81. The molecule has 2 aromatic carbocycles. The first kappa shape index (κ1) is 19.0. The smallest absolute Gasteiger partial charge is 0.410 e. The standard InChI is InChI=1S/C20H20Cl2FNO2/c1-20(2,3)26-19(25)24-10-9-12-14(11-24)13(7-8-15(12)21)18-16(22)5-4-6-17(18)23/h4-8H,9-11H2,1-3H3. The van der Waals surface area contributed by atoms with Gasteiger partial charge in [-0.2, -0.15) is 0 Å². The predicted molar refractivity (Wildman–Crippen MR) is 102 cm³/mol. The van der Waals surface area contributed by atoms with Crippen LogP contribution in [0.15, 0.2) is 30.3 Å². The van der Waals surface area contributed by atoms with Gasteiger partial charge in [-0.15, -0.1) is 0 Å². The maximum Gasteiger partial charge on any atom is 0.410 e. The maximum atomic E-state index is 14.5. The molecule has 0 unspecified atom stereocenters. The Morgan fingerprint density at radius 1 is 1.12 bits per heavy atom. The number of carbonyl (C=O) groups excluding carboxylic acids is 1. The van der Waals surface area contributed by atoms with Gasteiger partial charge in [0.2, 0.25) is 0 Å². The first-order valence-corrected chi connectivity index (χ1v) is 9.15. The molecular weight excluding hydrogens is 376 g/mol. The highest BCUT2D eigenvalue weighted by Gasteiger charge is 2.29. The number of halogens is 3. The molecule has 0 bridgehead atoms. The Hall–Kier alpha value is -1.78. The molecule has 138 valence electrons. The van der Waals surface area contributed by atoms with E-state index in [0.29, 0.717) is 40.7 Å². The van der Waals surface area contributed by atoms with Crippen LogP contribution in [0.2, 0.25) is 10.0 Å². The molecule has 0 radical (unpaired) electrons. The Labute approximate surface area is 162 Å². The number of benzene rings is 2.